The van der Waals surface area contributed by atoms with E-state index in [9.17, 15) is 9.59 Å². The fourth-order valence-corrected chi connectivity index (χ4v) is 3.19. The third-order valence-electron chi connectivity index (χ3n) is 3.09. The molecule has 0 amide bonds. The summed E-state index contributed by atoms with van der Waals surface area (Å²) in [6.07, 6.45) is 1.12. The van der Waals surface area contributed by atoms with Gasteiger partial charge in [0.05, 0.1) is 10.2 Å². The number of rotatable bonds is 3. The molecule has 0 saturated carbocycles. The number of thiazole rings is 1. The molecule has 9 heteroatoms. The van der Waals surface area contributed by atoms with Crippen molar-refractivity contribution < 1.29 is 19.8 Å². The minimum Gasteiger partial charge on any atom is -0.478 e. The molecule has 3 rings (SSSR count). The third-order valence-corrected chi connectivity index (χ3v) is 4.43. The number of anilines is 1. The molecule has 1 aliphatic heterocycles. The van der Waals surface area contributed by atoms with Gasteiger partial charge in [0.15, 0.2) is 5.13 Å². The second-order valence-electron chi connectivity index (χ2n) is 4.86. The Morgan fingerprint density at radius 3 is 2.42 bits per heavy atom. The normalized spacial score (nSPS) is 14.5. The van der Waals surface area contributed by atoms with Crippen molar-refractivity contribution in [2.45, 2.75) is 0 Å². The summed E-state index contributed by atoms with van der Waals surface area (Å²) in [6.45, 7) is 4.15. The highest BCUT2D eigenvalue weighted by Crippen LogP contribution is 2.30. The summed E-state index contributed by atoms with van der Waals surface area (Å²) < 4.78 is 1.21. The summed E-state index contributed by atoms with van der Waals surface area (Å²) in [6, 6.07) is 5.89. The number of piperazine rings is 1. The number of carboxylic acids is 2. The zero-order chi connectivity index (χ0) is 17.5. The van der Waals surface area contributed by atoms with Gasteiger partial charge in [0.25, 0.3) is 0 Å². The Hall–Kier alpha value is -2.16. The molecule has 0 atom stereocenters. The summed E-state index contributed by atoms with van der Waals surface area (Å²) in [5, 5.41) is 20.8. The lowest BCUT2D eigenvalue weighted by Gasteiger charge is -2.26. The second-order valence-corrected chi connectivity index (χ2v) is 6.30. The molecule has 0 spiro atoms. The zero-order valence-electron chi connectivity index (χ0n) is 12.6. The lowest BCUT2D eigenvalue weighted by molar-refractivity contribution is -0.134. The lowest BCUT2D eigenvalue weighted by Crippen LogP contribution is -2.43. The molecule has 1 aliphatic rings. The lowest BCUT2D eigenvalue weighted by atomic mass is 10.3. The molecule has 1 aromatic heterocycles. The Labute approximate surface area is 147 Å². The highest BCUT2D eigenvalue weighted by Gasteiger charge is 2.14. The molecular formula is C15H16ClN3O4S. The van der Waals surface area contributed by atoms with Crippen LogP contribution in [0.5, 0.6) is 0 Å². The van der Waals surface area contributed by atoms with E-state index in [0.29, 0.717) is 12.2 Å². The van der Waals surface area contributed by atoms with Crippen molar-refractivity contribution >= 4 is 50.2 Å². The molecular weight excluding hydrogens is 354 g/mol. The predicted octanol–water partition coefficient (Wildman–Crippen LogP) is 2.07. The van der Waals surface area contributed by atoms with E-state index in [2.05, 4.69) is 15.2 Å². The van der Waals surface area contributed by atoms with Crippen molar-refractivity contribution in [1.82, 2.24) is 10.3 Å². The van der Waals surface area contributed by atoms with Crippen LogP contribution in [0, 0.1) is 0 Å². The SMILES string of the molecule is Clc1ccc2sc(N3CCNCC3)nc2c1.O=C(O)C=CC(=O)O. The third kappa shape index (κ3) is 5.48. The fraction of sp³-hybridized carbons (Fsp3) is 0.267. The van der Waals surface area contributed by atoms with Crippen LogP contribution in [0.15, 0.2) is 30.4 Å². The molecule has 128 valence electrons. The number of hydrogen-bond acceptors (Lipinski definition) is 6. The van der Waals surface area contributed by atoms with Gasteiger partial charge in [-0.2, -0.15) is 0 Å². The average molecular weight is 370 g/mol. The van der Waals surface area contributed by atoms with Crippen molar-refractivity contribution in [3.05, 3.63) is 35.4 Å². The number of fused-ring (bicyclic) bond motifs is 1. The van der Waals surface area contributed by atoms with Gasteiger partial charge in [-0.05, 0) is 18.2 Å². The highest BCUT2D eigenvalue weighted by molar-refractivity contribution is 7.22. The van der Waals surface area contributed by atoms with Crippen LogP contribution in [0.1, 0.15) is 0 Å². The van der Waals surface area contributed by atoms with E-state index in [4.69, 9.17) is 21.8 Å². The first-order valence-corrected chi connectivity index (χ1v) is 8.31. The van der Waals surface area contributed by atoms with E-state index in [0.717, 1.165) is 41.8 Å². The predicted molar refractivity (Wildman–Crippen MR) is 94.1 cm³/mol. The van der Waals surface area contributed by atoms with Gasteiger partial charge in [-0.3, -0.25) is 0 Å². The minimum absolute atomic E-state index is 0.558. The number of carbonyl (C=O) groups is 2. The van der Waals surface area contributed by atoms with Crippen molar-refractivity contribution in [2.75, 3.05) is 31.1 Å². The number of nitrogens with one attached hydrogen (secondary N) is 1. The van der Waals surface area contributed by atoms with Crippen LogP contribution in [0.2, 0.25) is 5.02 Å². The summed E-state index contributed by atoms with van der Waals surface area (Å²) in [4.78, 5) is 26.1. The molecule has 1 aromatic carbocycles. The average Bonchev–Trinajstić information content (AvgIpc) is 2.97. The van der Waals surface area contributed by atoms with Crippen LogP contribution < -0.4 is 10.2 Å². The Kier molecular flexibility index (Phi) is 6.53. The number of aliphatic carboxylic acids is 2. The summed E-state index contributed by atoms with van der Waals surface area (Å²) in [7, 11) is 0. The Morgan fingerprint density at radius 1 is 1.21 bits per heavy atom. The molecule has 7 nitrogen and oxygen atoms in total. The van der Waals surface area contributed by atoms with Crippen LogP contribution >= 0.6 is 22.9 Å². The monoisotopic (exact) mass is 369 g/mol. The van der Waals surface area contributed by atoms with Gasteiger partial charge in [-0.25, -0.2) is 14.6 Å². The number of halogens is 1. The Morgan fingerprint density at radius 2 is 1.83 bits per heavy atom. The minimum atomic E-state index is -1.26. The summed E-state index contributed by atoms with van der Waals surface area (Å²) in [5.41, 5.74) is 1.01. The number of benzene rings is 1. The quantitative estimate of drug-likeness (QED) is 0.711. The standard InChI is InChI=1S/C11H12ClN3S.C4H4O4/c12-8-1-2-10-9(7-8)14-11(16-10)15-5-3-13-4-6-15;5-3(6)1-2-4(7)8/h1-2,7,13H,3-6H2;1-2H,(H,5,6)(H,7,8). The van der Waals surface area contributed by atoms with Gasteiger partial charge in [-0.15, -0.1) is 0 Å². The topological polar surface area (TPSA) is 103 Å². The first-order valence-electron chi connectivity index (χ1n) is 7.11. The number of aromatic nitrogens is 1. The van der Waals surface area contributed by atoms with Gasteiger partial charge in [-0.1, -0.05) is 22.9 Å². The molecule has 0 unspecified atom stereocenters. The fourth-order valence-electron chi connectivity index (χ4n) is 2.02. The van der Waals surface area contributed by atoms with Crippen LogP contribution in [-0.2, 0) is 9.59 Å². The number of carboxylic acid groups (broad SMARTS) is 2. The van der Waals surface area contributed by atoms with E-state index in [1.54, 1.807) is 11.3 Å². The molecule has 2 heterocycles. The van der Waals surface area contributed by atoms with E-state index in [1.165, 1.54) is 4.70 Å². The molecule has 0 bridgehead atoms. The van der Waals surface area contributed by atoms with Gasteiger partial charge in [0.1, 0.15) is 0 Å². The maximum absolute atomic E-state index is 9.55. The molecule has 2 aromatic rings. The molecule has 0 aliphatic carbocycles. The van der Waals surface area contributed by atoms with E-state index in [-0.39, 0.29) is 0 Å². The summed E-state index contributed by atoms with van der Waals surface area (Å²) >= 11 is 7.70. The van der Waals surface area contributed by atoms with Crippen LogP contribution in [-0.4, -0.2) is 53.3 Å². The number of nitrogens with zero attached hydrogens (tertiary/aromatic N) is 2. The van der Waals surface area contributed by atoms with Crippen molar-refractivity contribution in [1.29, 1.82) is 0 Å². The van der Waals surface area contributed by atoms with Crippen molar-refractivity contribution in [2.24, 2.45) is 0 Å². The largest absolute Gasteiger partial charge is 0.478 e. The smallest absolute Gasteiger partial charge is 0.328 e. The van der Waals surface area contributed by atoms with Gasteiger partial charge in [0, 0.05) is 43.4 Å². The first-order chi connectivity index (χ1) is 11.5. The van der Waals surface area contributed by atoms with Crippen molar-refractivity contribution in [3.8, 4) is 0 Å². The number of hydrogen-bond donors (Lipinski definition) is 3. The zero-order valence-corrected chi connectivity index (χ0v) is 14.2. The summed E-state index contributed by atoms with van der Waals surface area (Å²) in [5.74, 6) is -2.51. The molecule has 1 saturated heterocycles. The van der Waals surface area contributed by atoms with E-state index in [1.807, 2.05) is 18.2 Å². The molecule has 3 N–H and O–H groups in total. The van der Waals surface area contributed by atoms with E-state index >= 15 is 0 Å². The first kappa shape index (κ1) is 18.2. The van der Waals surface area contributed by atoms with Gasteiger partial charge >= 0.3 is 11.9 Å². The van der Waals surface area contributed by atoms with Crippen LogP contribution in [0.4, 0.5) is 5.13 Å². The Bertz CT molecular complexity index is 740. The molecule has 24 heavy (non-hydrogen) atoms. The van der Waals surface area contributed by atoms with Crippen LogP contribution in [0.25, 0.3) is 10.2 Å². The van der Waals surface area contributed by atoms with Crippen molar-refractivity contribution in [3.63, 3.8) is 0 Å². The maximum Gasteiger partial charge on any atom is 0.328 e. The highest BCUT2D eigenvalue weighted by atomic mass is 35.5. The van der Waals surface area contributed by atoms with Crippen LogP contribution in [0.3, 0.4) is 0 Å². The molecule has 1 fully saturated rings. The van der Waals surface area contributed by atoms with Gasteiger partial charge < -0.3 is 20.4 Å². The maximum atomic E-state index is 9.55. The Balaban J connectivity index is 0.000000224. The van der Waals surface area contributed by atoms with Gasteiger partial charge in [0.2, 0.25) is 0 Å². The van der Waals surface area contributed by atoms with E-state index < -0.39 is 11.9 Å². The second kappa shape index (κ2) is 8.62. The molecule has 0 radical (unpaired) electrons.